The standard InChI is InChI=1S/C25H20F2N4O2/c26-18-2-1-3-19(27)21(18)24-30-22-15-5-4-14(29-11-13-7-9-33-12-13)10-17(15)20-16(23(22)31-24)6-8-28-25(20)32/h1-6,8,10,13,29H,7,9,11-12H2,(H,28,32)(H,30,31). The molecule has 5 aromatic rings. The van der Waals surface area contributed by atoms with E-state index in [1.165, 1.54) is 18.2 Å². The highest BCUT2D eigenvalue weighted by atomic mass is 19.1. The van der Waals surface area contributed by atoms with Gasteiger partial charge in [-0.3, -0.25) is 4.79 Å². The number of hydrogen-bond donors (Lipinski definition) is 3. The van der Waals surface area contributed by atoms with Crippen molar-refractivity contribution >= 4 is 38.3 Å². The average molecular weight is 446 g/mol. The Kier molecular flexibility index (Phi) is 4.62. The Hall–Kier alpha value is -3.78. The van der Waals surface area contributed by atoms with Crippen LogP contribution in [-0.4, -0.2) is 34.7 Å². The third-order valence-corrected chi connectivity index (χ3v) is 6.30. The highest BCUT2D eigenvalue weighted by molar-refractivity contribution is 6.23. The van der Waals surface area contributed by atoms with Crippen molar-refractivity contribution in [2.75, 3.05) is 25.1 Å². The first kappa shape index (κ1) is 19.9. The van der Waals surface area contributed by atoms with E-state index in [1.54, 1.807) is 12.3 Å². The lowest BCUT2D eigenvalue weighted by molar-refractivity contribution is 0.187. The van der Waals surface area contributed by atoms with Gasteiger partial charge in [-0.15, -0.1) is 0 Å². The summed E-state index contributed by atoms with van der Waals surface area (Å²) in [6, 6.07) is 11.2. The van der Waals surface area contributed by atoms with E-state index in [4.69, 9.17) is 4.74 Å². The Morgan fingerprint density at radius 2 is 1.94 bits per heavy atom. The molecule has 1 aliphatic heterocycles. The predicted octanol–water partition coefficient (Wildman–Crippen LogP) is 4.95. The third kappa shape index (κ3) is 3.25. The summed E-state index contributed by atoms with van der Waals surface area (Å²) in [5.74, 6) is -0.877. The summed E-state index contributed by atoms with van der Waals surface area (Å²) in [5.41, 5.74) is 1.53. The smallest absolute Gasteiger partial charge is 0.256 e. The monoisotopic (exact) mass is 446 g/mol. The lowest BCUT2D eigenvalue weighted by Gasteiger charge is -2.12. The van der Waals surface area contributed by atoms with Crippen molar-refractivity contribution in [1.29, 1.82) is 0 Å². The molecule has 8 heteroatoms. The summed E-state index contributed by atoms with van der Waals surface area (Å²) >= 11 is 0. The second kappa shape index (κ2) is 7.67. The van der Waals surface area contributed by atoms with E-state index in [0.717, 1.165) is 42.6 Å². The number of ether oxygens (including phenoxy) is 1. The Bertz CT molecular complexity index is 1560. The van der Waals surface area contributed by atoms with Gasteiger partial charge in [-0.25, -0.2) is 13.8 Å². The number of aromatic amines is 2. The Morgan fingerprint density at radius 1 is 1.09 bits per heavy atom. The predicted molar refractivity (Wildman–Crippen MR) is 124 cm³/mol. The summed E-state index contributed by atoms with van der Waals surface area (Å²) in [6.45, 7) is 2.31. The number of benzene rings is 3. The van der Waals surface area contributed by atoms with E-state index in [1.807, 2.05) is 18.2 Å². The molecule has 2 aromatic heterocycles. The molecule has 0 aliphatic carbocycles. The van der Waals surface area contributed by atoms with E-state index in [9.17, 15) is 13.6 Å². The minimum Gasteiger partial charge on any atom is -0.385 e. The van der Waals surface area contributed by atoms with Gasteiger partial charge in [0.2, 0.25) is 0 Å². The number of nitrogens with zero attached hydrogens (tertiary/aromatic N) is 1. The Morgan fingerprint density at radius 3 is 2.73 bits per heavy atom. The van der Waals surface area contributed by atoms with Crippen molar-refractivity contribution in [1.82, 2.24) is 15.0 Å². The first-order valence-electron chi connectivity index (χ1n) is 10.8. The fraction of sp³-hybridized carbons (Fsp3) is 0.200. The summed E-state index contributed by atoms with van der Waals surface area (Å²) in [5, 5.41) is 6.02. The van der Waals surface area contributed by atoms with Crippen LogP contribution in [0.5, 0.6) is 0 Å². The van der Waals surface area contributed by atoms with Crippen molar-refractivity contribution in [2.45, 2.75) is 6.42 Å². The largest absolute Gasteiger partial charge is 0.385 e. The first-order chi connectivity index (χ1) is 16.1. The van der Waals surface area contributed by atoms with Gasteiger partial charge in [0.25, 0.3) is 5.56 Å². The second-order valence-electron chi connectivity index (χ2n) is 8.37. The fourth-order valence-electron chi connectivity index (χ4n) is 4.63. The Labute approximate surface area is 186 Å². The zero-order chi connectivity index (χ0) is 22.5. The molecule has 0 spiro atoms. The van der Waals surface area contributed by atoms with Gasteiger partial charge in [-0.1, -0.05) is 12.1 Å². The number of nitrogens with one attached hydrogen (secondary N) is 3. The van der Waals surface area contributed by atoms with Crippen LogP contribution in [0.2, 0.25) is 0 Å². The maximum Gasteiger partial charge on any atom is 0.256 e. The van der Waals surface area contributed by atoms with Gasteiger partial charge in [0, 0.05) is 41.7 Å². The molecule has 1 aliphatic rings. The molecular formula is C25H20F2N4O2. The molecule has 3 aromatic carbocycles. The minimum absolute atomic E-state index is 0.0816. The average Bonchev–Trinajstić information content (AvgIpc) is 3.48. The molecule has 1 unspecified atom stereocenters. The fourth-order valence-corrected chi connectivity index (χ4v) is 4.63. The molecule has 0 radical (unpaired) electrons. The molecule has 0 amide bonds. The van der Waals surface area contributed by atoms with Crippen LogP contribution >= 0.6 is 0 Å². The molecule has 6 rings (SSSR count). The van der Waals surface area contributed by atoms with Gasteiger partial charge in [-0.2, -0.15) is 0 Å². The maximum atomic E-state index is 14.5. The summed E-state index contributed by atoms with van der Waals surface area (Å²) in [7, 11) is 0. The zero-order valence-corrected chi connectivity index (χ0v) is 17.5. The maximum absolute atomic E-state index is 14.5. The molecule has 1 atom stereocenters. The number of aromatic nitrogens is 3. The van der Waals surface area contributed by atoms with Gasteiger partial charge in [0.05, 0.1) is 28.6 Å². The quantitative estimate of drug-likeness (QED) is 0.341. The number of H-pyrrole nitrogens is 2. The zero-order valence-electron chi connectivity index (χ0n) is 17.5. The highest BCUT2D eigenvalue weighted by Crippen LogP contribution is 2.36. The van der Waals surface area contributed by atoms with Gasteiger partial charge < -0.3 is 20.0 Å². The highest BCUT2D eigenvalue weighted by Gasteiger charge is 2.20. The van der Waals surface area contributed by atoms with Crippen LogP contribution in [0.15, 0.2) is 53.5 Å². The van der Waals surface area contributed by atoms with E-state index < -0.39 is 11.6 Å². The van der Waals surface area contributed by atoms with Crippen LogP contribution in [0.1, 0.15) is 6.42 Å². The molecule has 3 N–H and O–H groups in total. The van der Waals surface area contributed by atoms with Gasteiger partial charge in [0.15, 0.2) is 0 Å². The minimum atomic E-state index is -0.706. The number of fused-ring (bicyclic) bond motifs is 6. The van der Waals surface area contributed by atoms with E-state index >= 15 is 0 Å². The van der Waals surface area contributed by atoms with Crippen molar-refractivity contribution in [3.63, 3.8) is 0 Å². The molecule has 1 saturated heterocycles. The number of rotatable bonds is 4. The van der Waals surface area contributed by atoms with Crippen molar-refractivity contribution in [3.8, 4) is 11.4 Å². The lowest BCUT2D eigenvalue weighted by atomic mass is 10.0. The van der Waals surface area contributed by atoms with Gasteiger partial charge in [0.1, 0.15) is 17.5 Å². The molecule has 33 heavy (non-hydrogen) atoms. The molecule has 166 valence electrons. The summed E-state index contributed by atoms with van der Waals surface area (Å²) in [4.78, 5) is 23.2. The van der Waals surface area contributed by atoms with Crippen molar-refractivity contribution in [2.24, 2.45) is 5.92 Å². The molecule has 3 heterocycles. The van der Waals surface area contributed by atoms with Crippen LogP contribution in [-0.2, 0) is 4.74 Å². The SMILES string of the molecule is O=c1[nH]ccc2c3nc(-c4c(F)cccc4F)[nH]c3c3ccc(NCC4CCOC4)cc3c12. The Balaban J connectivity index is 1.58. The van der Waals surface area contributed by atoms with Crippen LogP contribution < -0.4 is 10.9 Å². The van der Waals surface area contributed by atoms with Crippen LogP contribution in [0.4, 0.5) is 14.5 Å². The number of anilines is 1. The van der Waals surface area contributed by atoms with Crippen molar-refractivity contribution < 1.29 is 13.5 Å². The van der Waals surface area contributed by atoms with E-state index in [0.29, 0.717) is 27.7 Å². The van der Waals surface area contributed by atoms with Gasteiger partial charge in [-0.05, 0) is 42.1 Å². The number of halogens is 2. The topological polar surface area (TPSA) is 82.8 Å². The molecule has 6 nitrogen and oxygen atoms in total. The van der Waals surface area contributed by atoms with Crippen LogP contribution in [0.25, 0.3) is 44.0 Å². The third-order valence-electron chi connectivity index (χ3n) is 6.30. The van der Waals surface area contributed by atoms with E-state index in [-0.39, 0.29) is 16.9 Å². The second-order valence-corrected chi connectivity index (χ2v) is 8.37. The normalized spacial score (nSPS) is 16.2. The molecular weight excluding hydrogens is 426 g/mol. The summed E-state index contributed by atoms with van der Waals surface area (Å²) < 4.78 is 34.3. The lowest BCUT2D eigenvalue weighted by Crippen LogP contribution is -2.14. The molecule has 1 fully saturated rings. The van der Waals surface area contributed by atoms with Crippen molar-refractivity contribution in [3.05, 3.63) is 70.6 Å². The molecule has 0 saturated carbocycles. The van der Waals surface area contributed by atoms with E-state index in [2.05, 4.69) is 20.3 Å². The number of hydrogen-bond acceptors (Lipinski definition) is 4. The number of imidazole rings is 1. The first-order valence-corrected chi connectivity index (χ1v) is 10.8. The van der Waals surface area contributed by atoms with Crippen LogP contribution in [0.3, 0.4) is 0 Å². The van der Waals surface area contributed by atoms with Gasteiger partial charge >= 0.3 is 0 Å². The number of pyridine rings is 1. The van der Waals surface area contributed by atoms with Crippen LogP contribution in [0, 0.1) is 17.6 Å². The molecule has 0 bridgehead atoms. The summed E-state index contributed by atoms with van der Waals surface area (Å²) in [6.07, 6.45) is 2.57.